The van der Waals surface area contributed by atoms with Crippen molar-refractivity contribution in [3.05, 3.63) is 51.4 Å². The van der Waals surface area contributed by atoms with Crippen molar-refractivity contribution in [1.82, 2.24) is 0 Å². The molecule has 6 heteroatoms. The number of halogens is 4. The van der Waals surface area contributed by atoms with E-state index < -0.39 is 17.5 Å². The molecule has 0 fully saturated rings. The quantitative estimate of drug-likeness (QED) is 0.615. The Bertz CT molecular complexity index is 604. The zero-order chi connectivity index (χ0) is 13.3. The first-order valence-corrected chi connectivity index (χ1v) is 6.74. The molecule has 0 aliphatic rings. The predicted molar refractivity (Wildman–Crippen MR) is 74.0 cm³/mol. The normalized spacial score (nSPS) is 10.7. The van der Waals surface area contributed by atoms with Gasteiger partial charge in [-0.1, -0.05) is 11.8 Å². The summed E-state index contributed by atoms with van der Waals surface area (Å²) in [7, 11) is 0. The zero-order valence-electron chi connectivity index (χ0n) is 8.88. The van der Waals surface area contributed by atoms with Crippen LogP contribution in [0.3, 0.4) is 0 Å². The van der Waals surface area contributed by atoms with Crippen molar-refractivity contribution in [2.45, 2.75) is 9.79 Å². The molecule has 1 nitrogen and oxygen atoms in total. The number of hydrogen-bond acceptors (Lipinski definition) is 2. The van der Waals surface area contributed by atoms with Gasteiger partial charge in [0.25, 0.3) is 0 Å². The molecule has 2 aromatic carbocycles. The van der Waals surface area contributed by atoms with Crippen LogP contribution in [0.25, 0.3) is 0 Å². The number of hydrogen-bond donors (Lipinski definition) is 1. The summed E-state index contributed by atoms with van der Waals surface area (Å²) in [5.41, 5.74) is 6.09. The van der Waals surface area contributed by atoms with Gasteiger partial charge in [0.1, 0.15) is 17.5 Å². The van der Waals surface area contributed by atoms with Crippen LogP contribution in [0, 0.1) is 21.0 Å². The van der Waals surface area contributed by atoms with E-state index in [4.69, 9.17) is 5.73 Å². The minimum absolute atomic E-state index is 0.198. The summed E-state index contributed by atoms with van der Waals surface area (Å²) in [6.07, 6.45) is 0. The van der Waals surface area contributed by atoms with E-state index in [2.05, 4.69) is 0 Å². The molecular weight excluding hydrogens is 374 g/mol. The fourth-order valence-electron chi connectivity index (χ4n) is 1.31. The van der Waals surface area contributed by atoms with Gasteiger partial charge in [0.15, 0.2) is 0 Å². The molecule has 2 rings (SSSR count). The van der Waals surface area contributed by atoms with E-state index in [-0.39, 0.29) is 4.90 Å². The molecule has 0 heterocycles. The SMILES string of the molecule is Nc1cc(I)c(F)cc1Sc1ccc(F)cc1F. The highest BCUT2D eigenvalue weighted by molar-refractivity contribution is 14.1. The third kappa shape index (κ3) is 2.92. The van der Waals surface area contributed by atoms with Crippen LogP contribution < -0.4 is 5.73 Å². The predicted octanol–water partition coefficient (Wildman–Crippen LogP) is 4.44. The van der Waals surface area contributed by atoms with Crippen LogP contribution >= 0.6 is 34.4 Å². The first-order chi connectivity index (χ1) is 8.47. The monoisotopic (exact) mass is 381 g/mol. The van der Waals surface area contributed by atoms with Crippen molar-refractivity contribution in [3.8, 4) is 0 Å². The van der Waals surface area contributed by atoms with Crippen molar-refractivity contribution in [3.63, 3.8) is 0 Å². The molecule has 0 saturated heterocycles. The third-order valence-electron chi connectivity index (χ3n) is 2.17. The lowest BCUT2D eigenvalue weighted by atomic mass is 10.3. The Morgan fingerprint density at radius 2 is 1.67 bits per heavy atom. The van der Waals surface area contributed by atoms with Gasteiger partial charge in [0.2, 0.25) is 0 Å². The van der Waals surface area contributed by atoms with Crippen LogP contribution in [-0.2, 0) is 0 Å². The van der Waals surface area contributed by atoms with Crippen LogP contribution in [0.5, 0.6) is 0 Å². The molecule has 2 N–H and O–H groups in total. The average molecular weight is 381 g/mol. The van der Waals surface area contributed by atoms with Crippen molar-refractivity contribution in [2.75, 3.05) is 5.73 Å². The van der Waals surface area contributed by atoms with Crippen LogP contribution in [0.4, 0.5) is 18.9 Å². The van der Waals surface area contributed by atoms with E-state index in [0.29, 0.717) is 14.2 Å². The maximum Gasteiger partial charge on any atom is 0.140 e. The maximum absolute atomic E-state index is 13.5. The zero-order valence-corrected chi connectivity index (χ0v) is 11.9. The van der Waals surface area contributed by atoms with E-state index >= 15 is 0 Å². The van der Waals surface area contributed by atoms with Gasteiger partial charge in [-0.3, -0.25) is 0 Å². The minimum Gasteiger partial charge on any atom is -0.398 e. The van der Waals surface area contributed by atoms with Crippen molar-refractivity contribution >= 4 is 40.0 Å². The summed E-state index contributed by atoms with van der Waals surface area (Å²) in [6, 6.07) is 5.93. The topological polar surface area (TPSA) is 26.0 Å². The van der Waals surface area contributed by atoms with Gasteiger partial charge in [-0.15, -0.1) is 0 Å². The van der Waals surface area contributed by atoms with E-state index in [9.17, 15) is 13.2 Å². The molecule has 94 valence electrons. The molecule has 0 amide bonds. The number of nitrogens with two attached hydrogens (primary N) is 1. The van der Waals surface area contributed by atoms with Gasteiger partial charge in [-0.25, -0.2) is 13.2 Å². The van der Waals surface area contributed by atoms with Gasteiger partial charge in [-0.2, -0.15) is 0 Å². The second kappa shape index (κ2) is 5.40. The van der Waals surface area contributed by atoms with Crippen LogP contribution in [0.15, 0.2) is 40.1 Å². The molecule has 0 radical (unpaired) electrons. The average Bonchev–Trinajstić information content (AvgIpc) is 2.29. The highest BCUT2D eigenvalue weighted by atomic mass is 127. The van der Waals surface area contributed by atoms with E-state index in [1.54, 1.807) is 0 Å². The molecule has 0 aliphatic heterocycles. The molecule has 0 saturated carbocycles. The second-order valence-corrected chi connectivity index (χ2v) is 5.73. The Morgan fingerprint density at radius 3 is 2.33 bits per heavy atom. The largest absolute Gasteiger partial charge is 0.398 e. The summed E-state index contributed by atoms with van der Waals surface area (Å²) in [4.78, 5) is 0.599. The van der Waals surface area contributed by atoms with Crippen LogP contribution in [0.1, 0.15) is 0 Å². The summed E-state index contributed by atoms with van der Waals surface area (Å²) in [5.74, 6) is -1.77. The van der Waals surface area contributed by atoms with Crippen molar-refractivity contribution in [2.24, 2.45) is 0 Å². The first-order valence-electron chi connectivity index (χ1n) is 4.85. The van der Waals surface area contributed by atoms with E-state index in [0.717, 1.165) is 23.9 Å². The Hall–Kier alpha value is -0.890. The minimum atomic E-state index is -0.696. The van der Waals surface area contributed by atoms with Gasteiger partial charge in [0.05, 0.1) is 3.57 Å². The Labute approximate surface area is 120 Å². The lowest BCUT2D eigenvalue weighted by Gasteiger charge is -2.07. The summed E-state index contributed by atoms with van der Waals surface area (Å²) >= 11 is 2.78. The standard InChI is InChI=1S/C12H7F3INS/c13-6-1-2-11(8(15)3-6)18-12-4-7(14)9(16)5-10(12)17/h1-5H,17H2. The number of anilines is 1. The highest BCUT2D eigenvalue weighted by Gasteiger charge is 2.10. The van der Waals surface area contributed by atoms with Crippen molar-refractivity contribution < 1.29 is 13.2 Å². The third-order valence-corrected chi connectivity index (χ3v) is 4.12. The summed E-state index contributed by atoms with van der Waals surface area (Å²) in [5, 5.41) is 0. The molecule has 0 spiro atoms. The molecule has 0 bridgehead atoms. The highest BCUT2D eigenvalue weighted by Crippen LogP contribution is 2.35. The van der Waals surface area contributed by atoms with Crippen LogP contribution in [0.2, 0.25) is 0 Å². The molecule has 0 atom stereocenters. The lowest BCUT2D eigenvalue weighted by Crippen LogP contribution is -1.93. The fourth-order valence-corrected chi connectivity index (χ4v) is 2.67. The Morgan fingerprint density at radius 1 is 0.944 bits per heavy atom. The summed E-state index contributed by atoms with van der Waals surface area (Å²) < 4.78 is 40.0. The summed E-state index contributed by atoms with van der Waals surface area (Å²) in [6.45, 7) is 0. The smallest absolute Gasteiger partial charge is 0.140 e. The van der Waals surface area contributed by atoms with Crippen LogP contribution in [-0.4, -0.2) is 0 Å². The molecule has 0 aromatic heterocycles. The van der Waals surface area contributed by atoms with Gasteiger partial charge >= 0.3 is 0 Å². The van der Waals surface area contributed by atoms with E-state index in [1.807, 2.05) is 22.6 Å². The fraction of sp³-hybridized carbons (Fsp3) is 0. The number of rotatable bonds is 2. The van der Waals surface area contributed by atoms with Gasteiger partial charge in [-0.05, 0) is 46.9 Å². The Kier molecular flexibility index (Phi) is 4.06. The molecular formula is C12H7F3INS. The number of benzene rings is 2. The lowest BCUT2D eigenvalue weighted by molar-refractivity contribution is 0.565. The second-order valence-electron chi connectivity index (χ2n) is 3.48. The molecule has 18 heavy (non-hydrogen) atoms. The first kappa shape index (κ1) is 13.5. The van der Waals surface area contributed by atoms with Gasteiger partial charge < -0.3 is 5.73 Å². The van der Waals surface area contributed by atoms with Crippen molar-refractivity contribution in [1.29, 1.82) is 0 Å². The Balaban J connectivity index is 2.37. The van der Waals surface area contributed by atoms with E-state index in [1.165, 1.54) is 18.2 Å². The molecule has 0 aliphatic carbocycles. The number of nitrogen functional groups attached to an aromatic ring is 1. The maximum atomic E-state index is 13.5. The molecule has 0 unspecified atom stereocenters. The van der Waals surface area contributed by atoms with Gasteiger partial charge in [0, 0.05) is 21.5 Å². The molecule has 2 aromatic rings.